The van der Waals surface area contributed by atoms with E-state index in [9.17, 15) is 9.18 Å². The van der Waals surface area contributed by atoms with Gasteiger partial charge in [0.25, 0.3) is 0 Å². The van der Waals surface area contributed by atoms with Crippen LogP contribution in [0.1, 0.15) is 11.1 Å². The summed E-state index contributed by atoms with van der Waals surface area (Å²) in [6.45, 7) is 0.445. The van der Waals surface area contributed by atoms with Crippen molar-refractivity contribution in [2.45, 2.75) is 13.0 Å². The van der Waals surface area contributed by atoms with Gasteiger partial charge in [-0.1, -0.05) is 30.3 Å². The van der Waals surface area contributed by atoms with Crippen LogP contribution in [0, 0.1) is 5.82 Å². The highest BCUT2D eigenvalue weighted by molar-refractivity contribution is 5.78. The van der Waals surface area contributed by atoms with E-state index >= 15 is 0 Å². The highest BCUT2D eigenvalue weighted by atomic mass is 19.1. The molecule has 0 atom stereocenters. The molecule has 0 spiro atoms. The molecule has 2 aromatic carbocycles. The number of nitrogens with zero attached hydrogens (tertiary/aromatic N) is 1. The summed E-state index contributed by atoms with van der Waals surface area (Å²) >= 11 is 0. The number of benzene rings is 2. The fourth-order valence-electron chi connectivity index (χ4n) is 1.98. The first kappa shape index (κ1) is 14.1. The molecule has 0 aromatic heterocycles. The summed E-state index contributed by atoms with van der Waals surface area (Å²) < 4.78 is 13.1. The molecule has 0 radical (unpaired) electrons. The van der Waals surface area contributed by atoms with Crippen LogP contribution in [0.4, 0.5) is 10.1 Å². The number of likely N-dealkylation sites (N-methyl/N-ethyl adjacent to an activating group) is 1. The van der Waals surface area contributed by atoms with Crippen LogP contribution in [0.3, 0.4) is 0 Å². The summed E-state index contributed by atoms with van der Waals surface area (Å²) in [6, 6.07) is 13.5. The van der Waals surface area contributed by atoms with Crippen LogP contribution in [-0.4, -0.2) is 17.9 Å². The van der Waals surface area contributed by atoms with Gasteiger partial charge in [0.15, 0.2) is 0 Å². The van der Waals surface area contributed by atoms with Crippen LogP contribution in [0.2, 0.25) is 0 Å². The summed E-state index contributed by atoms with van der Waals surface area (Å²) in [5.74, 6) is -0.399. The van der Waals surface area contributed by atoms with E-state index in [4.69, 9.17) is 5.73 Å². The van der Waals surface area contributed by atoms with Gasteiger partial charge in [0, 0.05) is 19.3 Å². The van der Waals surface area contributed by atoms with Gasteiger partial charge in [0.2, 0.25) is 5.91 Å². The monoisotopic (exact) mass is 272 g/mol. The molecule has 3 nitrogen and oxygen atoms in total. The number of para-hydroxylation sites is 1. The molecule has 0 aliphatic rings. The Balaban J connectivity index is 2.01. The second-order valence-electron chi connectivity index (χ2n) is 4.76. The Morgan fingerprint density at radius 1 is 1.20 bits per heavy atom. The van der Waals surface area contributed by atoms with Gasteiger partial charge < -0.3 is 10.6 Å². The SMILES string of the molecule is CN(Cc1ccccc1N)C(=O)Cc1cccc(F)c1. The Kier molecular flexibility index (Phi) is 4.35. The Morgan fingerprint density at radius 2 is 1.95 bits per heavy atom. The highest BCUT2D eigenvalue weighted by Gasteiger charge is 2.11. The lowest BCUT2D eigenvalue weighted by Crippen LogP contribution is -2.28. The molecule has 104 valence electrons. The van der Waals surface area contributed by atoms with Gasteiger partial charge in [-0.3, -0.25) is 4.79 Å². The van der Waals surface area contributed by atoms with Gasteiger partial charge in [-0.05, 0) is 29.3 Å². The lowest BCUT2D eigenvalue weighted by atomic mass is 10.1. The van der Waals surface area contributed by atoms with Crippen molar-refractivity contribution < 1.29 is 9.18 Å². The molecule has 0 bridgehead atoms. The van der Waals surface area contributed by atoms with Crippen molar-refractivity contribution >= 4 is 11.6 Å². The van der Waals surface area contributed by atoms with E-state index in [2.05, 4.69) is 0 Å². The molecule has 0 aliphatic carbocycles. The number of anilines is 1. The minimum atomic E-state index is -0.328. The smallest absolute Gasteiger partial charge is 0.227 e. The molecule has 0 fully saturated rings. The molecular formula is C16H17FN2O. The number of rotatable bonds is 4. The maximum Gasteiger partial charge on any atom is 0.227 e. The highest BCUT2D eigenvalue weighted by Crippen LogP contribution is 2.13. The van der Waals surface area contributed by atoms with E-state index < -0.39 is 0 Å². The van der Waals surface area contributed by atoms with E-state index in [1.807, 2.05) is 18.2 Å². The fraction of sp³-hybridized carbons (Fsp3) is 0.188. The topological polar surface area (TPSA) is 46.3 Å². The number of carbonyl (C=O) groups is 1. The molecule has 0 heterocycles. The summed E-state index contributed by atoms with van der Waals surface area (Å²) in [5.41, 5.74) is 8.09. The van der Waals surface area contributed by atoms with E-state index in [1.165, 1.54) is 12.1 Å². The molecule has 0 unspecified atom stereocenters. The van der Waals surface area contributed by atoms with E-state index in [1.54, 1.807) is 30.1 Å². The molecule has 2 N–H and O–H groups in total. The average Bonchev–Trinajstić information content (AvgIpc) is 2.41. The molecule has 2 aromatic rings. The van der Waals surface area contributed by atoms with Crippen LogP contribution in [-0.2, 0) is 17.8 Å². The minimum Gasteiger partial charge on any atom is -0.398 e. The number of hydrogen-bond acceptors (Lipinski definition) is 2. The Labute approximate surface area is 117 Å². The Morgan fingerprint density at radius 3 is 2.65 bits per heavy atom. The van der Waals surface area contributed by atoms with Crippen molar-refractivity contribution in [2.75, 3.05) is 12.8 Å². The third-order valence-electron chi connectivity index (χ3n) is 3.13. The van der Waals surface area contributed by atoms with Crippen molar-refractivity contribution in [1.29, 1.82) is 0 Å². The maximum atomic E-state index is 13.1. The quantitative estimate of drug-likeness (QED) is 0.870. The van der Waals surface area contributed by atoms with Gasteiger partial charge in [-0.25, -0.2) is 4.39 Å². The second-order valence-corrected chi connectivity index (χ2v) is 4.76. The first-order chi connectivity index (χ1) is 9.56. The minimum absolute atomic E-state index is 0.0705. The van der Waals surface area contributed by atoms with E-state index in [0.717, 1.165) is 5.56 Å². The van der Waals surface area contributed by atoms with Crippen LogP contribution >= 0.6 is 0 Å². The summed E-state index contributed by atoms with van der Waals surface area (Å²) in [5, 5.41) is 0. The predicted octanol–water partition coefficient (Wildman–Crippen LogP) is 2.61. The molecule has 0 aliphatic heterocycles. The number of nitrogen functional groups attached to an aromatic ring is 1. The van der Waals surface area contributed by atoms with Crippen LogP contribution < -0.4 is 5.73 Å². The van der Waals surface area contributed by atoms with Gasteiger partial charge >= 0.3 is 0 Å². The van der Waals surface area contributed by atoms with E-state index in [0.29, 0.717) is 17.8 Å². The van der Waals surface area contributed by atoms with E-state index in [-0.39, 0.29) is 18.1 Å². The molecule has 2 rings (SSSR count). The summed E-state index contributed by atoms with van der Waals surface area (Å²) in [4.78, 5) is 13.7. The van der Waals surface area contributed by atoms with Crippen molar-refractivity contribution in [3.63, 3.8) is 0 Å². The largest absolute Gasteiger partial charge is 0.398 e. The molecule has 4 heteroatoms. The first-order valence-electron chi connectivity index (χ1n) is 6.38. The van der Waals surface area contributed by atoms with Gasteiger partial charge in [-0.15, -0.1) is 0 Å². The lowest BCUT2D eigenvalue weighted by Gasteiger charge is -2.18. The normalized spacial score (nSPS) is 10.3. The molecule has 1 amide bonds. The van der Waals surface area contributed by atoms with Crippen LogP contribution in [0.25, 0.3) is 0 Å². The summed E-state index contributed by atoms with van der Waals surface area (Å²) in [6.07, 6.45) is 0.182. The third kappa shape index (κ3) is 3.57. The maximum absolute atomic E-state index is 13.1. The fourth-order valence-corrected chi connectivity index (χ4v) is 1.98. The zero-order valence-corrected chi connectivity index (χ0v) is 11.3. The van der Waals surface area contributed by atoms with Crippen molar-refractivity contribution in [1.82, 2.24) is 4.90 Å². The molecule has 0 saturated carbocycles. The van der Waals surface area contributed by atoms with Gasteiger partial charge in [-0.2, -0.15) is 0 Å². The van der Waals surface area contributed by atoms with Crippen LogP contribution in [0.15, 0.2) is 48.5 Å². The van der Waals surface area contributed by atoms with Gasteiger partial charge in [0.1, 0.15) is 5.82 Å². The molecule has 20 heavy (non-hydrogen) atoms. The number of nitrogens with two attached hydrogens (primary N) is 1. The second kappa shape index (κ2) is 6.19. The van der Waals surface area contributed by atoms with Crippen LogP contribution in [0.5, 0.6) is 0 Å². The zero-order valence-electron chi connectivity index (χ0n) is 11.3. The van der Waals surface area contributed by atoms with Crippen molar-refractivity contribution in [3.05, 3.63) is 65.5 Å². The lowest BCUT2D eigenvalue weighted by molar-refractivity contribution is -0.129. The standard InChI is InChI=1S/C16H17FN2O/c1-19(11-13-6-2-3-8-15(13)18)16(20)10-12-5-4-7-14(17)9-12/h2-9H,10-11,18H2,1H3. The third-order valence-corrected chi connectivity index (χ3v) is 3.13. The Hall–Kier alpha value is -2.36. The zero-order chi connectivity index (χ0) is 14.5. The number of amides is 1. The Bertz CT molecular complexity index is 613. The molecule has 0 saturated heterocycles. The number of halogens is 1. The van der Waals surface area contributed by atoms with Crippen molar-refractivity contribution in [3.8, 4) is 0 Å². The summed E-state index contributed by atoms with van der Waals surface area (Å²) in [7, 11) is 1.72. The van der Waals surface area contributed by atoms with Gasteiger partial charge in [0.05, 0.1) is 6.42 Å². The van der Waals surface area contributed by atoms with Crippen molar-refractivity contribution in [2.24, 2.45) is 0 Å². The molecular weight excluding hydrogens is 255 g/mol. The first-order valence-corrected chi connectivity index (χ1v) is 6.38. The predicted molar refractivity (Wildman–Crippen MR) is 77.4 cm³/mol. The number of carbonyl (C=O) groups excluding carboxylic acids is 1. The average molecular weight is 272 g/mol. The number of hydrogen-bond donors (Lipinski definition) is 1.